The first-order chi connectivity index (χ1) is 14.0. The molecule has 1 saturated heterocycles. The molecule has 0 atom stereocenters. The molecule has 1 fully saturated rings. The van der Waals surface area contributed by atoms with Gasteiger partial charge in [0.1, 0.15) is 5.82 Å². The molecule has 0 amide bonds. The molecule has 4 rings (SSSR count). The second-order valence-electron chi connectivity index (χ2n) is 7.57. The second-order valence-corrected chi connectivity index (χ2v) is 9.51. The van der Waals surface area contributed by atoms with Crippen molar-refractivity contribution < 1.29 is 12.8 Å². The minimum absolute atomic E-state index is 0.0347. The third kappa shape index (κ3) is 4.57. The fourth-order valence-corrected chi connectivity index (χ4v) is 5.43. The Kier molecular flexibility index (Phi) is 5.79. The van der Waals surface area contributed by atoms with Gasteiger partial charge in [0.2, 0.25) is 10.0 Å². The standard InChI is InChI=1S/C24H24FNO2S/c25-23-7-4-8-24(18-23)29(27,28)26-15-13-20(14-16-26)17-19-9-11-22(12-10-19)21-5-2-1-3-6-21/h1-12,18,20H,13-17H2. The number of sulfonamides is 1. The number of benzene rings is 3. The van der Waals surface area contributed by atoms with Crippen molar-refractivity contribution in [3.63, 3.8) is 0 Å². The Morgan fingerprint density at radius 3 is 2.14 bits per heavy atom. The summed E-state index contributed by atoms with van der Waals surface area (Å²) < 4.78 is 40.4. The molecule has 0 saturated carbocycles. The molecule has 0 bridgehead atoms. The van der Waals surface area contributed by atoms with Gasteiger partial charge in [-0.2, -0.15) is 4.31 Å². The van der Waals surface area contributed by atoms with E-state index in [9.17, 15) is 12.8 Å². The Morgan fingerprint density at radius 2 is 1.48 bits per heavy atom. The van der Waals surface area contributed by atoms with Crippen LogP contribution in [0.2, 0.25) is 0 Å². The smallest absolute Gasteiger partial charge is 0.207 e. The molecular formula is C24H24FNO2S. The number of halogens is 1. The first kappa shape index (κ1) is 19.8. The van der Waals surface area contributed by atoms with E-state index in [4.69, 9.17) is 0 Å². The molecule has 29 heavy (non-hydrogen) atoms. The minimum atomic E-state index is -3.62. The largest absolute Gasteiger partial charge is 0.243 e. The Balaban J connectivity index is 1.36. The van der Waals surface area contributed by atoms with Gasteiger partial charge in [-0.15, -0.1) is 0 Å². The van der Waals surface area contributed by atoms with E-state index >= 15 is 0 Å². The van der Waals surface area contributed by atoms with Crippen molar-refractivity contribution in [2.45, 2.75) is 24.2 Å². The van der Waals surface area contributed by atoms with Crippen molar-refractivity contribution in [1.29, 1.82) is 0 Å². The van der Waals surface area contributed by atoms with E-state index in [1.807, 2.05) is 18.2 Å². The third-order valence-corrected chi connectivity index (χ3v) is 7.49. The molecule has 5 heteroatoms. The van der Waals surface area contributed by atoms with Crippen LogP contribution >= 0.6 is 0 Å². The van der Waals surface area contributed by atoms with Gasteiger partial charge in [-0.05, 0) is 60.1 Å². The lowest BCUT2D eigenvalue weighted by Crippen LogP contribution is -2.38. The highest BCUT2D eigenvalue weighted by Crippen LogP contribution is 2.27. The van der Waals surface area contributed by atoms with Crippen LogP contribution in [-0.2, 0) is 16.4 Å². The minimum Gasteiger partial charge on any atom is -0.207 e. The highest BCUT2D eigenvalue weighted by atomic mass is 32.2. The quantitative estimate of drug-likeness (QED) is 0.585. The van der Waals surface area contributed by atoms with Gasteiger partial charge >= 0.3 is 0 Å². The number of rotatable bonds is 5. The predicted molar refractivity (Wildman–Crippen MR) is 113 cm³/mol. The molecular weight excluding hydrogens is 385 g/mol. The molecule has 0 aliphatic carbocycles. The average molecular weight is 410 g/mol. The summed E-state index contributed by atoms with van der Waals surface area (Å²) in [6.45, 7) is 0.956. The van der Waals surface area contributed by atoms with Crippen LogP contribution in [0.4, 0.5) is 4.39 Å². The first-order valence-electron chi connectivity index (χ1n) is 9.92. The highest BCUT2D eigenvalue weighted by Gasteiger charge is 2.29. The molecule has 0 aromatic heterocycles. The van der Waals surface area contributed by atoms with E-state index < -0.39 is 15.8 Å². The Bertz CT molecular complexity index is 1060. The SMILES string of the molecule is O=S(=O)(c1cccc(F)c1)N1CCC(Cc2ccc(-c3ccccc3)cc2)CC1. The summed E-state index contributed by atoms with van der Waals surface area (Å²) in [6.07, 6.45) is 2.58. The summed E-state index contributed by atoms with van der Waals surface area (Å²) in [6, 6.07) is 24.2. The van der Waals surface area contributed by atoms with Gasteiger partial charge in [-0.1, -0.05) is 60.7 Å². The van der Waals surface area contributed by atoms with E-state index in [0.717, 1.165) is 25.3 Å². The second kappa shape index (κ2) is 8.47. The maximum absolute atomic E-state index is 13.4. The predicted octanol–water partition coefficient (Wildman–Crippen LogP) is 5.14. The summed E-state index contributed by atoms with van der Waals surface area (Å²) in [5.74, 6) is -0.0727. The Labute approximate surface area is 171 Å². The molecule has 3 aromatic carbocycles. The normalized spacial score (nSPS) is 16.0. The zero-order valence-corrected chi connectivity index (χ0v) is 17.0. The van der Waals surface area contributed by atoms with Gasteiger partial charge in [0.25, 0.3) is 0 Å². The topological polar surface area (TPSA) is 37.4 Å². The molecule has 0 unspecified atom stereocenters. The van der Waals surface area contributed by atoms with Crippen molar-refractivity contribution in [2.24, 2.45) is 5.92 Å². The molecule has 150 valence electrons. The van der Waals surface area contributed by atoms with Crippen molar-refractivity contribution >= 4 is 10.0 Å². The number of hydrogen-bond acceptors (Lipinski definition) is 2. The maximum Gasteiger partial charge on any atom is 0.243 e. The van der Waals surface area contributed by atoms with Crippen LogP contribution < -0.4 is 0 Å². The number of piperidine rings is 1. The number of nitrogens with zero attached hydrogens (tertiary/aromatic N) is 1. The van der Waals surface area contributed by atoms with Gasteiger partial charge in [-0.25, -0.2) is 12.8 Å². The fraction of sp³-hybridized carbons (Fsp3) is 0.250. The maximum atomic E-state index is 13.4. The van der Waals surface area contributed by atoms with Crippen LogP contribution in [0.3, 0.4) is 0 Å². The van der Waals surface area contributed by atoms with E-state index in [0.29, 0.717) is 19.0 Å². The van der Waals surface area contributed by atoms with Gasteiger partial charge in [0.15, 0.2) is 0 Å². The zero-order valence-electron chi connectivity index (χ0n) is 16.2. The van der Waals surface area contributed by atoms with E-state index in [2.05, 4.69) is 36.4 Å². The van der Waals surface area contributed by atoms with Crippen molar-refractivity contribution in [1.82, 2.24) is 4.31 Å². The zero-order chi connectivity index (χ0) is 20.3. The van der Waals surface area contributed by atoms with Crippen LogP contribution in [-0.4, -0.2) is 25.8 Å². The molecule has 0 radical (unpaired) electrons. The lowest BCUT2D eigenvalue weighted by atomic mass is 9.90. The van der Waals surface area contributed by atoms with Gasteiger partial charge in [0.05, 0.1) is 4.90 Å². The third-order valence-electron chi connectivity index (χ3n) is 5.59. The lowest BCUT2D eigenvalue weighted by Gasteiger charge is -2.31. The van der Waals surface area contributed by atoms with Crippen molar-refractivity contribution in [3.05, 3.63) is 90.2 Å². The summed E-state index contributed by atoms with van der Waals surface area (Å²) >= 11 is 0. The van der Waals surface area contributed by atoms with E-state index in [1.54, 1.807) is 0 Å². The Hall–Kier alpha value is -2.50. The summed E-state index contributed by atoms with van der Waals surface area (Å²) in [4.78, 5) is 0.0347. The van der Waals surface area contributed by atoms with Gasteiger partial charge in [0, 0.05) is 13.1 Å². The van der Waals surface area contributed by atoms with Crippen LogP contribution in [0.5, 0.6) is 0 Å². The molecule has 0 spiro atoms. The Morgan fingerprint density at radius 1 is 0.828 bits per heavy atom. The van der Waals surface area contributed by atoms with E-state index in [-0.39, 0.29) is 4.90 Å². The van der Waals surface area contributed by atoms with Gasteiger partial charge in [-0.3, -0.25) is 0 Å². The molecule has 1 heterocycles. The fourth-order valence-electron chi connectivity index (χ4n) is 3.93. The summed E-state index contributed by atoms with van der Waals surface area (Å²) in [7, 11) is -3.62. The monoisotopic (exact) mass is 409 g/mol. The first-order valence-corrected chi connectivity index (χ1v) is 11.4. The van der Waals surface area contributed by atoms with Crippen molar-refractivity contribution in [2.75, 3.05) is 13.1 Å². The van der Waals surface area contributed by atoms with Crippen LogP contribution in [0.1, 0.15) is 18.4 Å². The lowest BCUT2D eigenvalue weighted by molar-refractivity contribution is 0.273. The van der Waals surface area contributed by atoms with Crippen LogP contribution in [0.15, 0.2) is 83.8 Å². The molecule has 0 N–H and O–H groups in total. The van der Waals surface area contributed by atoms with Crippen LogP contribution in [0, 0.1) is 11.7 Å². The highest BCUT2D eigenvalue weighted by molar-refractivity contribution is 7.89. The summed E-state index contributed by atoms with van der Waals surface area (Å²) in [5.41, 5.74) is 3.68. The average Bonchev–Trinajstić information content (AvgIpc) is 2.75. The summed E-state index contributed by atoms with van der Waals surface area (Å²) in [5, 5.41) is 0. The van der Waals surface area contributed by atoms with Crippen molar-refractivity contribution in [3.8, 4) is 11.1 Å². The molecule has 1 aliphatic heterocycles. The molecule has 3 nitrogen and oxygen atoms in total. The molecule has 1 aliphatic rings. The van der Waals surface area contributed by atoms with Gasteiger partial charge < -0.3 is 0 Å². The molecule has 3 aromatic rings. The van der Waals surface area contributed by atoms with Crippen LogP contribution in [0.25, 0.3) is 11.1 Å². The van der Waals surface area contributed by atoms with E-state index in [1.165, 1.54) is 39.2 Å². The number of hydrogen-bond donors (Lipinski definition) is 0.